The van der Waals surface area contributed by atoms with Crippen molar-refractivity contribution in [2.45, 2.75) is 11.8 Å². The number of aromatic amines is 1. The van der Waals surface area contributed by atoms with Crippen molar-refractivity contribution in [2.75, 3.05) is 17.8 Å². The van der Waals surface area contributed by atoms with E-state index in [2.05, 4.69) is 9.97 Å². The number of nitrogens with one attached hydrogen (secondary N) is 1. The summed E-state index contributed by atoms with van der Waals surface area (Å²) in [6, 6.07) is 20.3. The van der Waals surface area contributed by atoms with E-state index in [-0.39, 0.29) is 23.8 Å². The Morgan fingerprint density at radius 1 is 1.07 bits per heavy atom. The lowest BCUT2D eigenvalue weighted by atomic mass is 10.2. The fourth-order valence-electron chi connectivity index (χ4n) is 2.56. The van der Waals surface area contributed by atoms with E-state index >= 15 is 0 Å². The number of hydrogen-bond donors (Lipinski definition) is 1. The van der Waals surface area contributed by atoms with Gasteiger partial charge in [-0.1, -0.05) is 48.2 Å². The van der Waals surface area contributed by atoms with Crippen molar-refractivity contribution in [2.24, 2.45) is 0 Å². The van der Waals surface area contributed by atoms with E-state index in [0.29, 0.717) is 10.9 Å². The van der Waals surface area contributed by atoms with Crippen LogP contribution in [0.25, 0.3) is 0 Å². The molecular formula is C20H19N3O3S. The van der Waals surface area contributed by atoms with Gasteiger partial charge in [-0.3, -0.25) is 14.5 Å². The summed E-state index contributed by atoms with van der Waals surface area (Å²) in [7, 11) is 1.54. The number of hydrogen-bond acceptors (Lipinski definition) is 5. The highest BCUT2D eigenvalue weighted by Crippen LogP contribution is 2.26. The van der Waals surface area contributed by atoms with Crippen molar-refractivity contribution < 1.29 is 9.53 Å². The van der Waals surface area contributed by atoms with E-state index in [9.17, 15) is 9.59 Å². The normalized spacial score (nSPS) is 10.6. The molecule has 0 saturated heterocycles. The van der Waals surface area contributed by atoms with Crippen LogP contribution >= 0.6 is 11.8 Å². The summed E-state index contributed by atoms with van der Waals surface area (Å²) in [5.41, 5.74) is 1.82. The van der Waals surface area contributed by atoms with Crippen molar-refractivity contribution in [3.63, 3.8) is 0 Å². The number of amides is 1. The maximum absolute atomic E-state index is 13.0. The Kier molecular flexibility index (Phi) is 6.40. The van der Waals surface area contributed by atoms with Gasteiger partial charge in [0.05, 0.1) is 18.1 Å². The molecule has 0 saturated carbocycles. The molecule has 3 aromatic rings. The van der Waals surface area contributed by atoms with Gasteiger partial charge in [0, 0.05) is 24.6 Å². The molecule has 0 aliphatic heterocycles. The zero-order valence-corrected chi connectivity index (χ0v) is 15.6. The number of methoxy groups -OCH3 is 1. The van der Waals surface area contributed by atoms with Crippen molar-refractivity contribution >= 4 is 29.0 Å². The topological polar surface area (TPSA) is 75.3 Å². The first-order valence-electron chi connectivity index (χ1n) is 8.32. The minimum atomic E-state index is -0.269. The summed E-state index contributed by atoms with van der Waals surface area (Å²) >= 11 is 1.19. The van der Waals surface area contributed by atoms with Crippen molar-refractivity contribution in [1.82, 2.24) is 9.97 Å². The number of ether oxygens (including phenoxy) is 1. The summed E-state index contributed by atoms with van der Waals surface area (Å²) < 4.78 is 5.02. The average molecular weight is 381 g/mol. The van der Waals surface area contributed by atoms with Gasteiger partial charge in [0.25, 0.3) is 5.56 Å². The average Bonchev–Trinajstić information content (AvgIpc) is 2.68. The van der Waals surface area contributed by atoms with Gasteiger partial charge in [0.15, 0.2) is 5.16 Å². The smallest absolute Gasteiger partial charge is 0.251 e. The van der Waals surface area contributed by atoms with E-state index in [1.165, 1.54) is 24.9 Å². The van der Waals surface area contributed by atoms with Crippen LogP contribution in [0.15, 0.2) is 76.7 Å². The van der Waals surface area contributed by atoms with Gasteiger partial charge in [-0.25, -0.2) is 4.98 Å². The van der Waals surface area contributed by atoms with Crippen LogP contribution in [0.3, 0.4) is 0 Å². The molecular weight excluding hydrogens is 362 g/mol. The first-order chi connectivity index (χ1) is 13.2. The van der Waals surface area contributed by atoms with Crippen LogP contribution in [0.5, 0.6) is 0 Å². The molecule has 0 spiro atoms. The Morgan fingerprint density at radius 3 is 2.22 bits per heavy atom. The number of carbonyl (C=O) groups excluding carboxylic acids is 1. The molecule has 0 radical (unpaired) electrons. The summed E-state index contributed by atoms with van der Waals surface area (Å²) in [5.74, 6) is 0.0144. The predicted octanol–water partition coefficient (Wildman–Crippen LogP) is 3.37. The molecule has 7 heteroatoms. The Labute approximate surface area is 161 Å². The first-order valence-corrected chi connectivity index (χ1v) is 9.31. The number of carbonyl (C=O) groups is 1. The Balaban J connectivity index is 1.81. The standard InChI is InChI=1S/C20H19N3O3S/c1-26-13-15-12-18(24)22-20(21-15)27-14-19(25)23(16-8-4-2-5-9-16)17-10-6-3-7-11-17/h2-12H,13-14H2,1H3,(H,21,22,24). The van der Waals surface area contributed by atoms with Gasteiger partial charge >= 0.3 is 0 Å². The van der Waals surface area contributed by atoms with E-state index in [0.717, 1.165) is 11.4 Å². The number of rotatable bonds is 7. The molecule has 1 aromatic heterocycles. The van der Waals surface area contributed by atoms with E-state index in [1.54, 1.807) is 4.90 Å². The van der Waals surface area contributed by atoms with Crippen molar-refractivity contribution in [1.29, 1.82) is 0 Å². The molecule has 0 fully saturated rings. The minimum Gasteiger partial charge on any atom is -0.378 e. The van der Waals surface area contributed by atoms with E-state index in [4.69, 9.17) is 4.74 Å². The van der Waals surface area contributed by atoms with Crippen LogP contribution in [0.1, 0.15) is 5.69 Å². The molecule has 1 heterocycles. The van der Waals surface area contributed by atoms with Gasteiger partial charge < -0.3 is 9.72 Å². The zero-order valence-electron chi connectivity index (χ0n) is 14.8. The highest BCUT2D eigenvalue weighted by molar-refractivity contribution is 7.99. The van der Waals surface area contributed by atoms with Crippen LogP contribution in [0.4, 0.5) is 11.4 Å². The third-order valence-electron chi connectivity index (χ3n) is 3.68. The lowest BCUT2D eigenvalue weighted by molar-refractivity contribution is -0.115. The highest BCUT2D eigenvalue weighted by atomic mass is 32.2. The van der Waals surface area contributed by atoms with Gasteiger partial charge in [-0.2, -0.15) is 0 Å². The molecule has 0 aliphatic rings. The van der Waals surface area contributed by atoms with Crippen LogP contribution in [0.2, 0.25) is 0 Å². The summed E-state index contributed by atoms with van der Waals surface area (Å²) in [6.45, 7) is 0.242. The predicted molar refractivity (Wildman–Crippen MR) is 106 cm³/mol. The Hall–Kier alpha value is -2.90. The number of nitrogens with zero attached hydrogens (tertiary/aromatic N) is 2. The molecule has 0 unspecified atom stereocenters. The highest BCUT2D eigenvalue weighted by Gasteiger charge is 2.18. The van der Waals surface area contributed by atoms with Gasteiger partial charge in [0.2, 0.25) is 5.91 Å². The minimum absolute atomic E-state index is 0.114. The number of benzene rings is 2. The number of aromatic nitrogens is 2. The maximum Gasteiger partial charge on any atom is 0.251 e. The van der Waals surface area contributed by atoms with Crippen molar-refractivity contribution in [3.8, 4) is 0 Å². The molecule has 2 aromatic carbocycles. The molecule has 27 heavy (non-hydrogen) atoms. The van der Waals surface area contributed by atoms with Crippen LogP contribution in [-0.4, -0.2) is 28.7 Å². The molecule has 1 amide bonds. The molecule has 0 aliphatic carbocycles. The quantitative estimate of drug-likeness (QED) is 0.502. The molecule has 1 N–H and O–H groups in total. The monoisotopic (exact) mass is 381 g/mol. The number of thioether (sulfide) groups is 1. The second kappa shape index (κ2) is 9.16. The second-order valence-corrected chi connectivity index (χ2v) is 6.63. The summed E-state index contributed by atoms with van der Waals surface area (Å²) in [5, 5.41) is 0.393. The maximum atomic E-state index is 13.0. The number of H-pyrrole nitrogens is 1. The molecule has 0 bridgehead atoms. The number of anilines is 2. The number of para-hydroxylation sites is 2. The van der Waals surface area contributed by atoms with Crippen molar-refractivity contribution in [3.05, 3.63) is 82.8 Å². The molecule has 6 nitrogen and oxygen atoms in total. The third kappa shape index (κ3) is 5.06. The Bertz CT molecular complexity index is 906. The van der Waals surface area contributed by atoms with E-state index < -0.39 is 0 Å². The lowest BCUT2D eigenvalue weighted by Crippen LogP contribution is -2.27. The summed E-state index contributed by atoms with van der Waals surface area (Å²) in [6.07, 6.45) is 0. The van der Waals surface area contributed by atoms with Crippen LogP contribution in [-0.2, 0) is 16.1 Å². The summed E-state index contributed by atoms with van der Waals surface area (Å²) in [4.78, 5) is 33.3. The fraction of sp³-hybridized carbons (Fsp3) is 0.150. The second-order valence-electron chi connectivity index (χ2n) is 5.66. The molecule has 0 atom stereocenters. The van der Waals surface area contributed by atoms with Gasteiger partial charge in [0.1, 0.15) is 0 Å². The molecule has 3 rings (SSSR count). The van der Waals surface area contributed by atoms with Gasteiger partial charge in [-0.15, -0.1) is 0 Å². The van der Waals surface area contributed by atoms with Crippen LogP contribution < -0.4 is 10.5 Å². The first kappa shape index (κ1) is 18.9. The molecule has 138 valence electrons. The third-order valence-corrected chi connectivity index (χ3v) is 4.53. The van der Waals surface area contributed by atoms with Gasteiger partial charge in [-0.05, 0) is 24.3 Å². The lowest BCUT2D eigenvalue weighted by Gasteiger charge is -2.22. The zero-order chi connectivity index (χ0) is 19.1. The van der Waals surface area contributed by atoms with Crippen LogP contribution in [0, 0.1) is 0 Å². The van der Waals surface area contributed by atoms with E-state index in [1.807, 2.05) is 60.7 Å². The largest absolute Gasteiger partial charge is 0.378 e. The fourth-order valence-corrected chi connectivity index (χ4v) is 3.30. The Morgan fingerprint density at radius 2 is 1.67 bits per heavy atom. The SMILES string of the molecule is COCc1cc(=O)[nH]c(SCC(=O)N(c2ccccc2)c2ccccc2)n1.